The van der Waals surface area contributed by atoms with Crippen LogP contribution in [0.5, 0.6) is 0 Å². The van der Waals surface area contributed by atoms with Crippen LogP contribution >= 0.6 is 0 Å². The largest absolute Gasteiger partial charge is 0.365 e. The summed E-state index contributed by atoms with van der Waals surface area (Å²) in [4.78, 5) is 29.4. The smallest absolute Gasteiger partial charge is 0.252 e. The summed E-state index contributed by atoms with van der Waals surface area (Å²) in [5.41, 5.74) is 7.34. The molecule has 0 atom stereocenters. The molecule has 3 rings (SSSR count). The monoisotopic (exact) mass is 407 g/mol. The molecule has 1 heterocycles. The van der Waals surface area contributed by atoms with Crippen molar-refractivity contribution in [2.45, 2.75) is 13.8 Å². The second kappa shape index (κ2) is 9.04. The minimum atomic E-state index is -0.773. The number of nitrogens with zero attached hydrogens (tertiary/aromatic N) is 2. The summed E-state index contributed by atoms with van der Waals surface area (Å²) in [5.74, 6) is -1.53. The Hall–Kier alpha value is -3.94. The van der Waals surface area contributed by atoms with Crippen molar-refractivity contribution in [2.75, 3.05) is 22.1 Å². The predicted octanol–water partition coefficient (Wildman–Crippen LogP) is 4.18. The van der Waals surface area contributed by atoms with Crippen molar-refractivity contribution < 1.29 is 14.0 Å². The molecule has 0 aliphatic rings. The molecule has 3 aromatic rings. The Kier molecular flexibility index (Phi) is 6.26. The molecule has 0 fully saturated rings. The molecule has 0 aliphatic carbocycles. The van der Waals surface area contributed by atoms with E-state index >= 15 is 0 Å². The molecular formula is C22H22FN5O2. The quantitative estimate of drug-likeness (QED) is 0.546. The molecular weight excluding hydrogens is 385 g/mol. The van der Waals surface area contributed by atoms with E-state index in [9.17, 15) is 14.0 Å². The Morgan fingerprint density at radius 2 is 1.77 bits per heavy atom. The van der Waals surface area contributed by atoms with Crippen molar-refractivity contribution >= 4 is 40.5 Å². The van der Waals surface area contributed by atoms with E-state index in [1.54, 1.807) is 29.2 Å². The van der Waals surface area contributed by atoms with Gasteiger partial charge in [0.1, 0.15) is 5.82 Å². The Morgan fingerprint density at radius 3 is 2.40 bits per heavy atom. The summed E-state index contributed by atoms with van der Waals surface area (Å²) in [6.45, 7) is 3.78. The molecule has 0 aliphatic heterocycles. The van der Waals surface area contributed by atoms with Gasteiger partial charge in [0.25, 0.3) is 5.91 Å². The van der Waals surface area contributed by atoms with Crippen LogP contribution < -0.4 is 21.3 Å². The number of para-hydroxylation sites is 1. The second-order valence-corrected chi connectivity index (χ2v) is 6.52. The zero-order chi connectivity index (χ0) is 21.7. The van der Waals surface area contributed by atoms with Crippen LogP contribution in [0, 0.1) is 5.82 Å². The van der Waals surface area contributed by atoms with Gasteiger partial charge in [-0.15, -0.1) is 0 Å². The normalized spacial score (nSPS) is 10.4. The van der Waals surface area contributed by atoms with E-state index in [4.69, 9.17) is 5.73 Å². The lowest BCUT2D eigenvalue weighted by Gasteiger charge is -2.25. The highest BCUT2D eigenvalue weighted by Gasteiger charge is 2.21. The first kappa shape index (κ1) is 20.8. The fourth-order valence-electron chi connectivity index (χ4n) is 3.03. The highest BCUT2D eigenvalue weighted by atomic mass is 19.1. The third kappa shape index (κ3) is 4.72. The Bertz CT molecular complexity index is 1070. The van der Waals surface area contributed by atoms with E-state index in [-0.39, 0.29) is 23.1 Å². The molecule has 154 valence electrons. The molecule has 30 heavy (non-hydrogen) atoms. The molecule has 0 bridgehead atoms. The molecule has 0 saturated heterocycles. The Morgan fingerprint density at radius 1 is 1.07 bits per heavy atom. The highest BCUT2D eigenvalue weighted by Crippen LogP contribution is 2.31. The van der Waals surface area contributed by atoms with Crippen LogP contribution in [0.1, 0.15) is 24.2 Å². The molecule has 2 amide bonds. The number of nitrogens with one attached hydrogen (secondary N) is 2. The lowest BCUT2D eigenvalue weighted by Crippen LogP contribution is -2.24. The number of pyridine rings is 1. The number of hydrogen-bond acceptors (Lipinski definition) is 5. The van der Waals surface area contributed by atoms with Gasteiger partial charge in [-0.25, -0.2) is 9.37 Å². The molecule has 4 N–H and O–H groups in total. The van der Waals surface area contributed by atoms with Crippen LogP contribution in [-0.4, -0.2) is 23.3 Å². The minimum Gasteiger partial charge on any atom is -0.365 e. The number of primary amides is 1. The van der Waals surface area contributed by atoms with Gasteiger partial charge in [-0.2, -0.15) is 0 Å². The van der Waals surface area contributed by atoms with E-state index < -0.39 is 11.7 Å². The molecule has 2 aromatic carbocycles. The van der Waals surface area contributed by atoms with Gasteiger partial charge >= 0.3 is 0 Å². The van der Waals surface area contributed by atoms with Crippen LogP contribution in [0.4, 0.5) is 33.1 Å². The first-order valence-corrected chi connectivity index (χ1v) is 9.36. The van der Waals surface area contributed by atoms with Crippen molar-refractivity contribution in [1.29, 1.82) is 0 Å². The van der Waals surface area contributed by atoms with Crippen LogP contribution in [0.15, 0.2) is 60.7 Å². The number of nitrogens with two attached hydrogens (primary N) is 1. The maximum atomic E-state index is 14.7. The van der Waals surface area contributed by atoms with Crippen LogP contribution in [0.3, 0.4) is 0 Å². The molecule has 0 radical (unpaired) electrons. The van der Waals surface area contributed by atoms with Crippen molar-refractivity contribution in [3.05, 3.63) is 72.0 Å². The van der Waals surface area contributed by atoms with Gasteiger partial charge in [-0.1, -0.05) is 24.3 Å². The van der Waals surface area contributed by atoms with Crippen molar-refractivity contribution in [3.8, 4) is 0 Å². The maximum absolute atomic E-state index is 14.7. The summed E-state index contributed by atoms with van der Waals surface area (Å²) in [6.07, 6.45) is 0. The molecule has 0 spiro atoms. The average molecular weight is 407 g/mol. The summed E-state index contributed by atoms with van der Waals surface area (Å²) < 4.78 is 14.7. The SMILES string of the molecule is CCN(c1ccccc1)c1nc(Nc2cccc(NC(C)=O)c2)c(F)cc1C(N)=O. The topological polar surface area (TPSA) is 100 Å². The number of carbonyl (C=O) groups excluding carboxylic acids is 2. The number of amides is 2. The van der Waals surface area contributed by atoms with E-state index in [0.717, 1.165) is 11.8 Å². The first-order valence-electron chi connectivity index (χ1n) is 9.36. The van der Waals surface area contributed by atoms with Gasteiger partial charge in [0.15, 0.2) is 11.6 Å². The van der Waals surface area contributed by atoms with E-state index in [2.05, 4.69) is 15.6 Å². The van der Waals surface area contributed by atoms with E-state index in [0.29, 0.717) is 17.9 Å². The zero-order valence-corrected chi connectivity index (χ0v) is 16.6. The van der Waals surface area contributed by atoms with Gasteiger partial charge in [0.2, 0.25) is 5.91 Å². The fraction of sp³-hybridized carbons (Fsp3) is 0.136. The third-order valence-corrected chi connectivity index (χ3v) is 4.31. The lowest BCUT2D eigenvalue weighted by atomic mass is 10.2. The standard InChI is InChI=1S/C22H22FN5O2/c1-3-28(17-10-5-4-6-11-17)22-18(20(24)30)13-19(23)21(27-22)26-16-9-7-8-15(12-16)25-14(2)29/h4-13H,3H2,1-2H3,(H2,24,30)(H,25,29)(H,26,27). The highest BCUT2D eigenvalue weighted by molar-refractivity contribution is 5.99. The van der Waals surface area contributed by atoms with Gasteiger partial charge < -0.3 is 21.3 Å². The van der Waals surface area contributed by atoms with Gasteiger partial charge in [-0.05, 0) is 43.3 Å². The zero-order valence-electron chi connectivity index (χ0n) is 16.6. The summed E-state index contributed by atoms with van der Waals surface area (Å²) in [5, 5.41) is 5.57. The molecule has 8 heteroatoms. The predicted molar refractivity (Wildman–Crippen MR) is 116 cm³/mol. The maximum Gasteiger partial charge on any atom is 0.252 e. The van der Waals surface area contributed by atoms with Crippen LogP contribution in [0.25, 0.3) is 0 Å². The Labute approximate surface area is 173 Å². The summed E-state index contributed by atoms with van der Waals surface area (Å²) >= 11 is 0. The van der Waals surface area contributed by atoms with Gasteiger partial charge in [0.05, 0.1) is 5.56 Å². The minimum absolute atomic E-state index is 0.0178. The fourth-order valence-corrected chi connectivity index (χ4v) is 3.03. The van der Waals surface area contributed by atoms with Crippen molar-refractivity contribution in [2.24, 2.45) is 5.73 Å². The average Bonchev–Trinajstić information content (AvgIpc) is 2.71. The summed E-state index contributed by atoms with van der Waals surface area (Å²) in [6, 6.07) is 17.2. The number of anilines is 5. The molecule has 7 nitrogen and oxygen atoms in total. The van der Waals surface area contributed by atoms with Gasteiger partial charge in [-0.3, -0.25) is 9.59 Å². The molecule has 0 saturated carbocycles. The number of benzene rings is 2. The number of rotatable bonds is 7. The first-order chi connectivity index (χ1) is 14.4. The van der Waals surface area contributed by atoms with E-state index in [1.807, 2.05) is 37.3 Å². The third-order valence-electron chi connectivity index (χ3n) is 4.31. The Balaban J connectivity index is 2.03. The number of halogens is 1. The van der Waals surface area contributed by atoms with Crippen molar-refractivity contribution in [1.82, 2.24) is 4.98 Å². The van der Waals surface area contributed by atoms with Crippen LogP contribution in [0.2, 0.25) is 0 Å². The van der Waals surface area contributed by atoms with Gasteiger partial charge in [0, 0.05) is 30.5 Å². The number of hydrogen-bond donors (Lipinski definition) is 3. The second-order valence-electron chi connectivity index (χ2n) is 6.52. The summed E-state index contributed by atoms with van der Waals surface area (Å²) in [7, 11) is 0. The van der Waals surface area contributed by atoms with Crippen LogP contribution in [-0.2, 0) is 4.79 Å². The van der Waals surface area contributed by atoms with E-state index in [1.165, 1.54) is 6.92 Å². The number of carbonyl (C=O) groups is 2. The number of aromatic nitrogens is 1. The van der Waals surface area contributed by atoms with Crippen molar-refractivity contribution in [3.63, 3.8) is 0 Å². The molecule has 0 unspecified atom stereocenters. The lowest BCUT2D eigenvalue weighted by molar-refractivity contribution is -0.114. The molecule has 1 aromatic heterocycles.